The van der Waals surface area contributed by atoms with Crippen molar-refractivity contribution in [3.63, 3.8) is 0 Å². The van der Waals surface area contributed by atoms with Gasteiger partial charge in [-0.2, -0.15) is 0 Å². The van der Waals surface area contributed by atoms with Gasteiger partial charge in [-0.05, 0) is 34.5 Å². The number of benzene rings is 1. The number of rotatable bonds is 3. The van der Waals surface area contributed by atoms with Gasteiger partial charge in [-0.1, -0.05) is 22.9 Å². The Morgan fingerprint density at radius 2 is 2.00 bits per heavy atom. The molecule has 1 rings (SSSR count). The van der Waals surface area contributed by atoms with Crippen LogP contribution in [-0.2, 0) is 0 Å². The van der Waals surface area contributed by atoms with Gasteiger partial charge < -0.3 is 15.9 Å². The fraction of sp³-hybridized carbons (Fsp3) is 0.400. The third kappa shape index (κ3) is 2.93. The van der Waals surface area contributed by atoms with Gasteiger partial charge >= 0.3 is 0 Å². The summed E-state index contributed by atoms with van der Waals surface area (Å²) in [6, 6.07) is 2.86. The van der Waals surface area contributed by atoms with E-state index in [9.17, 15) is 10.2 Å². The van der Waals surface area contributed by atoms with Gasteiger partial charge in [-0.3, -0.25) is 0 Å². The number of aromatic hydroxyl groups is 1. The monoisotopic (exact) mass is 337 g/mol. The zero-order chi connectivity index (χ0) is 11.6. The molecule has 0 spiro atoms. The van der Waals surface area contributed by atoms with Crippen molar-refractivity contribution < 1.29 is 10.2 Å². The Bertz CT molecular complexity index is 358. The molecule has 1 aromatic carbocycles. The van der Waals surface area contributed by atoms with E-state index in [2.05, 4.69) is 31.9 Å². The molecule has 0 saturated carbocycles. The molecule has 0 aliphatic rings. The first-order valence-corrected chi connectivity index (χ1v) is 6.17. The van der Waals surface area contributed by atoms with Crippen LogP contribution in [-0.4, -0.2) is 16.3 Å². The minimum absolute atomic E-state index is 0.0817. The molecular formula is C10H13Br2NO2. The van der Waals surface area contributed by atoms with Gasteiger partial charge in [-0.15, -0.1) is 0 Å². The van der Waals surface area contributed by atoms with Gasteiger partial charge in [0.1, 0.15) is 5.75 Å². The second kappa shape index (κ2) is 5.30. The lowest BCUT2D eigenvalue weighted by Gasteiger charge is -2.19. The van der Waals surface area contributed by atoms with Crippen molar-refractivity contribution in [1.29, 1.82) is 0 Å². The highest BCUT2D eigenvalue weighted by molar-refractivity contribution is 9.11. The quantitative estimate of drug-likeness (QED) is 0.793. The first-order chi connectivity index (χ1) is 6.97. The van der Waals surface area contributed by atoms with Crippen molar-refractivity contribution >= 4 is 31.9 Å². The summed E-state index contributed by atoms with van der Waals surface area (Å²) in [5.74, 6) is 0.0817. The molecule has 0 saturated heterocycles. The molecule has 0 aliphatic carbocycles. The Hall–Kier alpha value is -0.100. The molecule has 4 N–H and O–H groups in total. The number of phenolic OH excluding ortho intramolecular Hbond substituents is 1. The first-order valence-electron chi connectivity index (χ1n) is 4.59. The minimum Gasteiger partial charge on any atom is -0.506 e. The Balaban J connectivity index is 3.13. The highest BCUT2D eigenvalue weighted by atomic mass is 79.9. The van der Waals surface area contributed by atoms with Crippen LogP contribution in [0.15, 0.2) is 21.1 Å². The summed E-state index contributed by atoms with van der Waals surface area (Å²) in [5.41, 5.74) is 6.37. The van der Waals surface area contributed by atoms with Crippen molar-refractivity contribution in [2.75, 3.05) is 0 Å². The largest absolute Gasteiger partial charge is 0.506 e. The van der Waals surface area contributed by atoms with Gasteiger partial charge in [0.05, 0.1) is 16.6 Å². The van der Waals surface area contributed by atoms with Crippen molar-refractivity contribution in [2.45, 2.75) is 25.5 Å². The zero-order valence-corrected chi connectivity index (χ0v) is 11.4. The molecule has 0 amide bonds. The first kappa shape index (κ1) is 13.0. The molecular weight excluding hydrogens is 326 g/mol. The summed E-state index contributed by atoms with van der Waals surface area (Å²) < 4.78 is 1.37. The Morgan fingerprint density at radius 1 is 1.40 bits per heavy atom. The molecule has 84 valence electrons. The fourth-order valence-electron chi connectivity index (χ4n) is 1.30. The lowest BCUT2D eigenvalue weighted by molar-refractivity contribution is 0.139. The van der Waals surface area contributed by atoms with Gasteiger partial charge in [-0.25, -0.2) is 0 Å². The van der Waals surface area contributed by atoms with E-state index in [1.54, 1.807) is 12.1 Å². The Morgan fingerprint density at radius 3 is 2.53 bits per heavy atom. The van der Waals surface area contributed by atoms with Crippen molar-refractivity contribution in [3.05, 3.63) is 26.6 Å². The lowest BCUT2D eigenvalue weighted by Crippen LogP contribution is -2.25. The number of aliphatic hydroxyl groups is 1. The van der Waals surface area contributed by atoms with Crippen LogP contribution in [0.2, 0.25) is 0 Å². The molecule has 0 aliphatic heterocycles. The van der Waals surface area contributed by atoms with E-state index in [0.717, 1.165) is 4.47 Å². The van der Waals surface area contributed by atoms with Crippen molar-refractivity contribution in [3.8, 4) is 5.75 Å². The number of halogens is 2. The normalized spacial score (nSPS) is 15.0. The standard InChI is InChI=1S/C10H13Br2NO2/c1-2-8(14)9(13)6-3-5(11)4-7(12)10(6)15/h3-4,8-9,14-15H,2,13H2,1H3/t8-,9+/m0/s1. The van der Waals surface area contributed by atoms with Crippen LogP contribution in [0.1, 0.15) is 24.9 Å². The predicted octanol–water partition coefficient (Wildman–Crippen LogP) is 2.69. The second-order valence-electron chi connectivity index (χ2n) is 3.33. The molecule has 2 atom stereocenters. The maximum Gasteiger partial charge on any atom is 0.134 e. The third-order valence-corrected chi connectivity index (χ3v) is 3.31. The topological polar surface area (TPSA) is 66.5 Å². The van der Waals surface area contributed by atoms with Gasteiger partial charge in [0.15, 0.2) is 0 Å². The van der Waals surface area contributed by atoms with Gasteiger partial charge in [0.25, 0.3) is 0 Å². The van der Waals surface area contributed by atoms with E-state index in [-0.39, 0.29) is 5.75 Å². The summed E-state index contributed by atoms with van der Waals surface area (Å²) >= 11 is 6.53. The van der Waals surface area contributed by atoms with Crippen LogP contribution in [0.25, 0.3) is 0 Å². The van der Waals surface area contributed by atoms with Crippen LogP contribution >= 0.6 is 31.9 Å². The SMILES string of the molecule is CC[C@H](O)[C@H](N)c1cc(Br)cc(Br)c1O. The van der Waals surface area contributed by atoms with Gasteiger partial charge in [0.2, 0.25) is 0 Å². The fourth-order valence-corrected chi connectivity index (χ4v) is 2.56. The average molecular weight is 339 g/mol. The molecule has 0 aromatic heterocycles. The third-order valence-electron chi connectivity index (χ3n) is 2.25. The number of hydrogen-bond acceptors (Lipinski definition) is 3. The van der Waals surface area contributed by atoms with E-state index in [1.807, 2.05) is 6.92 Å². The molecule has 15 heavy (non-hydrogen) atoms. The lowest BCUT2D eigenvalue weighted by atomic mass is 10.00. The summed E-state index contributed by atoms with van der Waals surface area (Å²) in [4.78, 5) is 0. The van der Waals surface area contributed by atoms with Crippen LogP contribution < -0.4 is 5.73 Å². The van der Waals surface area contributed by atoms with Crippen molar-refractivity contribution in [2.24, 2.45) is 5.73 Å². The van der Waals surface area contributed by atoms with E-state index >= 15 is 0 Å². The van der Waals surface area contributed by atoms with Crippen molar-refractivity contribution in [1.82, 2.24) is 0 Å². The number of hydrogen-bond donors (Lipinski definition) is 3. The number of aliphatic hydroxyl groups excluding tert-OH is 1. The molecule has 5 heteroatoms. The van der Waals surface area contributed by atoms with E-state index in [4.69, 9.17) is 5.73 Å². The minimum atomic E-state index is -0.655. The van der Waals surface area contributed by atoms with Crippen LogP contribution in [0.5, 0.6) is 5.75 Å². The summed E-state index contributed by atoms with van der Waals surface area (Å²) in [6.07, 6.45) is -0.109. The second-order valence-corrected chi connectivity index (χ2v) is 5.10. The smallest absolute Gasteiger partial charge is 0.134 e. The maximum atomic E-state index is 9.78. The maximum absolute atomic E-state index is 9.78. The summed E-state index contributed by atoms with van der Waals surface area (Å²) in [7, 11) is 0. The predicted molar refractivity (Wildman–Crippen MR) is 66.7 cm³/mol. The molecule has 0 bridgehead atoms. The Labute approximate surface area is 106 Å². The zero-order valence-electron chi connectivity index (χ0n) is 8.24. The molecule has 0 unspecified atom stereocenters. The van der Waals surface area contributed by atoms with Crippen LogP contribution in [0.3, 0.4) is 0 Å². The molecule has 0 fully saturated rings. The highest BCUT2D eigenvalue weighted by Gasteiger charge is 2.20. The molecule has 1 aromatic rings. The molecule has 0 radical (unpaired) electrons. The molecule has 3 nitrogen and oxygen atoms in total. The number of nitrogens with two attached hydrogens (primary N) is 1. The number of phenols is 1. The van der Waals surface area contributed by atoms with Crippen LogP contribution in [0.4, 0.5) is 0 Å². The highest BCUT2D eigenvalue weighted by Crippen LogP contribution is 2.35. The molecule has 0 heterocycles. The average Bonchev–Trinajstić information content (AvgIpc) is 2.21. The van der Waals surface area contributed by atoms with Gasteiger partial charge in [0, 0.05) is 10.0 Å². The van der Waals surface area contributed by atoms with E-state index < -0.39 is 12.1 Å². The summed E-state index contributed by atoms with van der Waals surface area (Å²) in [5, 5.41) is 19.4. The van der Waals surface area contributed by atoms with Crippen LogP contribution in [0, 0.1) is 0 Å². The summed E-state index contributed by atoms with van der Waals surface area (Å²) in [6.45, 7) is 1.84. The van der Waals surface area contributed by atoms with E-state index in [0.29, 0.717) is 16.5 Å². The Kier molecular flexibility index (Phi) is 4.58. The van der Waals surface area contributed by atoms with E-state index in [1.165, 1.54) is 0 Å².